The zero-order valence-corrected chi connectivity index (χ0v) is 13.0. The fourth-order valence-electron chi connectivity index (χ4n) is 2.56. The molecule has 0 spiro atoms. The maximum atomic E-state index is 12.5. The molecule has 1 aromatic rings. The van der Waals surface area contributed by atoms with Crippen LogP contribution in [0.25, 0.3) is 0 Å². The lowest BCUT2D eigenvalue weighted by atomic mass is 10.0. The van der Waals surface area contributed by atoms with E-state index in [-0.39, 0.29) is 5.78 Å². The summed E-state index contributed by atoms with van der Waals surface area (Å²) in [6, 6.07) is 6.20. The minimum Gasteiger partial charge on any atom is -0.493 e. The monoisotopic (exact) mass is 275 g/mol. The van der Waals surface area contributed by atoms with Crippen LogP contribution >= 0.6 is 0 Å². The molecule has 0 aromatic heterocycles. The van der Waals surface area contributed by atoms with Crippen LogP contribution in [0.4, 0.5) is 0 Å². The Morgan fingerprint density at radius 3 is 2.70 bits per heavy atom. The molecule has 0 bridgehead atoms. The van der Waals surface area contributed by atoms with Gasteiger partial charge in [-0.3, -0.25) is 9.69 Å². The van der Waals surface area contributed by atoms with Crippen molar-refractivity contribution in [3.63, 3.8) is 0 Å². The van der Waals surface area contributed by atoms with E-state index in [4.69, 9.17) is 4.74 Å². The minimum atomic E-state index is 0.203. The van der Waals surface area contributed by atoms with Crippen molar-refractivity contribution < 1.29 is 9.53 Å². The van der Waals surface area contributed by atoms with Gasteiger partial charge in [0, 0.05) is 24.6 Å². The van der Waals surface area contributed by atoms with Crippen molar-refractivity contribution >= 4 is 5.78 Å². The van der Waals surface area contributed by atoms with E-state index in [0.717, 1.165) is 36.4 Å². The summed E-state index contributed by atoms with van der Waals surface area (Å²) < 4.78 is 5.48. The number of ether oxygens (including phenoxy) is 1. The highest BCUT2D eigenvalue weighted by atomic mass is 16.5. The molecule has 0 atom stereocenters. The summed E-state index contributed by atoms with van der Waals surface area (Å²) in [5.74, 6) is 1.71. The molecule has 1 aromatic carbocycles. The van der Waals surface area contributed by atoms with Crippen LogP contribution in [0, 0.1) is 5.92 Å². The van der Waals surface area contributed by atoms with Crippen LogP contribution in [0.15, 0.2) is 18.2 Å². The van der Waals surface area contributed by atoms with Crippen molar-refractivity contribution in [3.8, 4) is 5.75 Å². The van der Waals surface area contributed by atoms with Gasteiger partial charge in [0.1, 0.15) is 5.75 Å². The summed E-state index contributed by atoms with van der Waals surface area (Å²) in [6.45, 7) is 10.9. The van der Waals surface area contributed by atoms with Crippen LogP contribution in [-0.2, 0) is 6.42 Å². The topological polar surface area (TPSA) is 29.5 Å². The van der Waals surface area contributed by atoms with E-state index in [9.17, 15) is 4.79 Å². The minimum absolute atomic E-state index is 0.203. The maximum absolute atomic E-state index is 12.5. The molecule has 0 fully saturated rings. The van der Waals surface area contributed by atoms with Gasteiger partial charge in [0.15, 0.2) is 5.78 Å². The van der Waals surface area contributed by atoms with E-state index >= 15 is 0 Å². The molecular formula is C17H25NO2. The first-order valence-electron chi connectivity index (χ1n) is 7.50. The predicted molar refractivity (Wildman–Crippen MR) is 81.5 cm³/mol. The van der Waals surface area contributed by atoms with Crippen LogP contribution in [0.1, 0.15) is 43.6 Å². The SMILES string of the molecule is CC(C)CN(CC(=O)c1ccc2c(c1)CCO2)C(C)C. The predicted octanol–water partition coefficient (Wildman–Crippen LogP) is 3.17. The number of ketones is 1. The molecule has 0 radical (unpaired) electrons. The molecule has 0 N–H and O–H groups in total. The van der Waals surface area contributed by atoms with Gasteiger partial charge in [0.05, 0.1) is 13.2 Å². The number of carbonyl (C=O) groups excluding carboxylic acids is 1. The Balaban J connectivity index is 2.06. The van der Waals surface area contributed by atoms with Gasteiger partial charge in [-0.25, -0.2) is 0 Å². The third kappa shape index (κ3) is 3.60. The van der Waals surface area contributed by atoms with Crippen molar-refractivity contribution in [1.29, 1.82) is 0 Å². The Kier molecular flexibility index (Phi) is 4.81. The van der Waals surface area contributed by atoms with Crippen molar-refractivity contribution in [1.82, 2.24) is 4.90 Å². The third-order valence-corrected chi connectivity index (χ3v) is 3.69. The van der Waals surface area contributed by atoms with E-state index in [2.05, 4.69) is 32.6 Å². The van der Waals surface area contributed by atoms with Gasteiger partial charge >= 0.3 is 0 Å². The molecule has 2 rings (SSSR count). The number of hydrogen-bond donors (Lipinski definition) is 0. The van der Waals surface area contributed by atoms with E-state index in [0.29, 0.717) is 18.5 Å². The standard InChI is InChI=1S/C17H25NO2/c1-12(2)10-18(13(3)4)11-16(19)14-5-6-17-15(9-14)7-8-20-17/h5-6,9,12-13H,7-8,10-11H2,1-4H3. The highest BCUT2D eigenvalue weighted by Gasteiger charge is 2.19. The van der Waals surface area contributed by atoms with E-state index in [1.807, 2.05) is 18.2 Å². The van der Waals surface area contributed by atoms with Gasteiger partial charge in [0.2, 0.25) is 0 Å². The van der Waals surface area contributed by atoms with Gasteiger partial charge in [-0.2, -0.15) is 0 Å². The fraction of sp³-hybridized carbons (Fsp3) is 0.588. The van der Waals surface area contributed by atoms with Gasteiger partial charge in [0.25, 0.3) is 0 Å². The summed E-state index contributed by atoms with van der Waals surface area (Å²) in [4.78, 5) is 14.7. The molecule has 1 aliphatic rings. The number of nitrogens with zero attached hydrogens (tertiary/aromatic N) is 1. The van der Waals surface area contributed by atoms with Crippen molar-refractivity contribution in [2.75, 3.05) is 19.7 Å². The Hall–Kier alpha value is -1.35. The van der Waals surface area contributed by atoms with Crippen LogP contribution in [-0.4, -0.2) is 36.4 Å². The zero-order valence-electron chi connectivity index (χ0n) is 13.0. The van der Waals surface area contributed by atoms with Gasteiger partial charge < -0.3 is 4.74 Å². The molecule has 1 heterocycles. The summed E-state index contributed by atoms with van der Waals surface area (Å²) in [7, 11) is 0. The molecule has 3 heteroatoms. The Bertz CT molecular complexity index is 480. The number of benzene rings is 1. The van der Waals surface area contributed by atoms with Gasteiger partial charge in [-0.05, 0) is 43.5 Å². The first kappa shape index (κ1) is 15.0. The Morgan fingerprint density at radius 2 is 2.05 bits per heavy atom. The van der Waals surface area contributed by atoms with Crippen LogP contribution in [0.2, 0.25) is 0 Å². The molecule has 0 unspecified atom stereocenters. The molecule has 1 aliphatic heterocycles. The zero-order chi connectivity index (χ0) is 14.7. The molecule has 110 valence electrons. The quantitative estimate of drug-likeness (QED) is 0.747. The lowest BCUT2D eigenvalue weighted by Gasteiger charge is -2.27. The highest BCUT2D eigenvalue weighted by Crippen LogP contribution is 2.26. The van der Waals surface area contributed by atoms with Crippen molar-refractivity contribution in [2.24, 2.45) is 5.92 Å². The van der Waals surface area contributed by atoms with E-state index in [1.165, 1.54) is 0 Å². The van der Waals surface area contributed by atoms with E-state index in [1.54, 1.807) is 0 Å². The average molecular weight is 275 g/mol. The lowest BCUT2D eigenvalue weighted by molar-refractivity contribution is 0.0892. The van der Waals surface area contributed by atoms with Crippen LogP contribution in [0.3, 0.4) is 0 Å². The first-order valence-corrected chi connectivity index (χ1v) is 7.50. The average Bonchev–Trinajstić information content (AvgIpc) is 2.84. The normalized spacial score (nSPS) is 13.9. The largest absolute Gasteiger partial charge is 0.493 e. The number of fused-ring (bicyclic) bond motifs is 1. The second kappa shape index (κ2) is 6.40. The number of hydrogen-bond acceptors (Lipinski definition) is 3. The highest BCUT2D eigenvalue weighted by molar-refractivity contribution is 5.98. The lowest BCUT2D eigenvalue weighted by Crippen LogP contribution is -2.38. The van der Waals surface area contributed by atoms with Gasteiger partial charge in [-0.15, -0.1) is 0 Å². The van der Waals surface area contributed by atoms with Crippen molar-refractivity contribution in [2.45, 2.75) is 40.2 Å². The number of rotatable bonds is 6. The molecular weight excluding hydrogens is 250 g/mol. The summed E-state index contributed by atoms with van der Waals surface area (Å²) >= 11 is 0. The second-order valence-corrected chi connectivity index (χ2v) is 6.26. The molecule has 0 amide bonds. The molecule has 0 saturated carbocycles. The van der Waals surface area contributed by atoms with Gasteiger partial charge in [-0.1, -0.05) is 13.8 Å². The first-order chi connectivity index (χ1) is 9.47. The maximum Gasteiger partial charge on any atom is 0.176 e. The smallest absolute Gasteiger partial charge is 0.176 e. The fourth-order valence-corrected chi connectivity index (χ4v) is 2.56. The molecule has 0 aliphatic carbocycles. The summed E-state index contributed by atoms with van der Waals surface area (Å²) in [5, 5.41) is 0. The molecule has 20 heavy (non-hydrogen) atoms. The Labute approximate surface area is 121 Å². The van der Waals surface area contributed by atoms with E-state index < -0.39 is 0 Å². The third-order valence-electron chi connectivity index (χ3n) is 3.69. The second-order valence-electron chi connectivity index (χ2n) is 6.26. The van der Waals surface area contributed by atoms with Crippen LogP contribution < -0.4 is 4.74 Å². The summed E-state index contributed by atoms with van der Waals surface area (Å²) in [5.41, 5.74) is 1.97. The Morgan fingerprint density at radius 1 is 1.30 bits per heavy atom. The van der Waals surface area contributed by atoms with Crippen LogP contribution in [0.5, 0.6) is 5.75 Å². The van der Waals surface area contributed by atoms with Crippen molar-refractivity contribution in [3.05, 3.63) is 29.3 Å². The molecule has 3 nitrogen and oxygen atoms in total. The summed E-state index contributed by atoms with van der Waals surface area (Å²) in [6.07, 6.45) is 0.913. The number of Topliss-reactive ketones (excluding diaryl/α,β-unsaturated/α-hetero) is 1. The molecule has 0 saturated heterocycles. The number of carbonyl (C=O) groups is 1.